The normalized spacial score (nSPS) is 11.9. The Labute approximate surface area is 178 Å². The van der Waals surface area contributed by atoms with Gasteiger partial charge in [-0.1, -0.05) is 36.4 Å². The molecular formula is C23H20F2N2O3S. The van der Waals surface area contributed by atoms with Crippen LogP contribution in [-0.2, 0) is 16.4 Å². The van der Waals surface area contributed by atoms with Crippen molar-refractivity contribution in [3.8, 4) is 16.9 Å². The topological polar surface area (TPSA) is 61.2 Å². The molecule has 4 aromatic rings. The summed E-state index contributed by atoms with van der Waals surface area (Å²) in [5, 5.41) is 0. The standard InChI is InChI=1S/C23H20F2N2O3S/c1-15-26-20-11-10-17(16-7-5-8-19(12-16)31(2,28)29)13-21(20)27(15)14-18-6-3-4-9-22(18)30-23(24)25/h3-13,23H,14H2,1-2H3. The van der Waals surface area contributed by atoms with Crippen molar-refractivity contribution in [2.75, 3.05) is 6.26 Å². The second-order valence-electron chi connectivity index (χ2n) is 7.23. The van der Waals surface area contributed by atoms with E-state index in [1.807, 2.05) is 35.8 Å². The number of halogens is 2. The van der Waals surface area contributed by atoms with Crippen molar-refractivity contribution in [3.05, 3.63) is 78.1 Å². The van der Waals surface area contributed by atoms with Gasteiger partial charge in [-0.05, 0) is 48.4 Å². The molecule has 0 saturated heterocycles. The first-order valence-corrected chi connectivity index (χ1v) is 11.4. The highest BCUT2D eigenvalue weighted by molar-refractivity contribution is 7.90. The molecular weight excluding hydrogens is 422 g/mol. The first-order valence-electron chi connectivity index (χ1n) is 9.52. The number of para-hydroxylation sites is 1. The maximum Gasteiger partial charge on any atom is 0.387 e. The number of aryl methyl sites for hydroxylation is 1. The van der Waals surface area contributed by atoms with Gasteiger partial charge in [0, 0.05) is 11.8 Å². The molecule has 0 radical (unpaired) electrons. The first kappa shape index (κ1) is 21.0. The van der Waals surface area contributed by atoms with E-state index in [0.29, 0.717) is 12.1 Å². The van der Waals surface area contributed by atoms with Gasteiger partial charge in [-0.2, -0.15) is 8.78 Å². The van der Waals surface area contributed by atoms with Crippen LogP contribution in [0.25, 0.3) is 22.2 Å². The van der Waals surface area contributed by atoms with Crippen molar-refractivity contribution in [1.82, 2.24) is 9.55 Å². The summed E-state index contributed by atoms with van der Waals surface area (Å²) in [5.74, 6) is 0.847. The summed E-state index contributed by atoms with van der Waals surface area (Å²) in [6, 6.07) is 19.1. The van der Waals surface area contributed by atoms with Crippen molar-refractivity contribution in [2.24, 2.45) is 0 Å². The zero-order chi connectivity index (χ0) is 22.2. The molecule has 0 spiro atoms. The van der Waals surface area contributed by atoms with E-state index in [-0.39, 0.29) is 10.6 Å². The lowest BCUT2D eigenvalue weighted by molar-refractivity contribution is -0.0504. The van der Waals surface area contributed by atoms with Crippen LogP contribution in [-0.4, -0.2) is 30.8 Å². The fourth-order valence-electron chi connectivity index (χ4n) is 3.54. The third kappa shape index (κ3) is 4.44. The molecule has 0 aliphatic rings. The molecule has 1 aromatic heterocycles. The van der Waals surface area contributed by atoms with Gasteiger partial charge < -0.3 is 9.30 Å². The van der Waals surface area contributed by atoms with Crippen LogP contribution < -0.4 is 4.74 Å². The molecule has 3 aromatic carbocycles. The summed E-state index contributed by atoms with van der Waals surface area (Å²) in [7, 11) is -3.33. The summed E-state index contributed by atoms with van der Waals surface area (Å²) in [6.45, 7) is -0.756. The van der Waals surface area contributed by atoms with Crippen LogP contribution >= 0.6 is 0 Å². The maximum absolute atomic E-state index is 12.8. The molecule has 0 amide bonds. The number of imidazole rings is 1. The molecule has 31 heavy (non-hydrogen) atoms. The van der Waals surface area contributed by atoms with Gasteiger partial charge in [-0.3, -0.25) is 0 Å². The smallest absolute Gasteiger partial charge is 0.387 e. The molecule has 0 fully saturated rings. The van der Waals surface area contributed by atoms with Crippen LogP contribution in [0.3, 0.4) is 0 Å². The lowest BCUT2D eigenvalue weighted by atomic mass is 10.1. The SMILES string of the molecule is Cc1nc2ccc(-c3cccc(S(C)(=O)=O)c3)cc2n1Cc1ccccc1OC(F)F. The van der Waals surface area contributed by atoms with E-state index in [1.54, 1.807) is 36.4 Å². The third-order valence-corrected chi connectivity index (χ3v) is 6.16. The van der Waals surface area contributed by atoms with Gasteiger partial charge in [0.05, 0.1) is 22.5 Å². The molecule has 5 nitrogen and oxygen atoms in total. The largest absolute Gasteiger partial charge is 0.434 e. The highest BCUT2D eigenvalue weighted by atomic mass is 32.2. The average molecular weight is 442 g/mol. The quantitative estimate of drug-likeness (QED) is 0.419. The number of ether oxygens (including phenoxy) is 1. The molecule has 0 unspecified atom stereocenters. The number of rotatable bonds is 6. The molecule has 0 bridgehead atoms. The highest BCUT2D eigenvalue weighted by Crippen LogP contribution is 2.29. The summed E-state index contributed by atoms with van der Waals surface area (Å²) < 4.78 is 56.0. The lowest BCUT2D eigenvalue weighted by Gasteiger charge is -2.13. The van der Waals surface area contributed by atoms with Crippen molar-refractivity contribution < 1.29 is 21.9 Å². The number of hydrogen-bond acceptors (Lipinski definition) is 4. The Morgan fingerprint density at radius 3 is 2.48 bits per heavy atom. The van der Waals surface area contributed by atoms with Gasteiger partial charge in [0.1, 0.15) is 11.6 Å². The zero-order valence-electron chi connectivity index (χ0n) is 16.9. The van der Waals surface area contributed by atoms with Crippen LogP contribution in [0.4, 0.5) is 8.78 Å². The molecule has 0 saturated carbocycles. The van der Waals surface area contributed by atoms with Crippen molar-refractivity contribution in [3.63, 3.8) is 0 Å². The molecule has 1 heterocycles. The minimum Gasteiger partial charge on any atom is -0.434 e. The lowest BCUT2D eigenvalue weighted by Crippen LogP contribution is -2.08. The second-order valence-corrected chi connectivity index (χ2v) is 9.25. The predicted molar refractivity (Wildman–Crippen MR) is 115 cm³/mol. The van der Waals surface area contributed by atoms with E-state index in [1.165, 1.54) is 12.3 Å². The number of alkyl halides is 2. The number of nitrogens with zero attached hydrogens (tertiary/aromatic N) is 2. The predicted octanol–water partition coefficient (Wildman–Crippen LogP) is 5.06. The molecule has 4 rings (SSSR count). The molecule has 0 aliphatic heterocycles. The Bertz CT molecular complexity index is 1360. The maximum atomic E-state index is 12.8. The monoisotopic (exact) mass is 442 g/mol. The Hall–Kier alpha value is -3.26. The molecule has 0 N–H and O–H groups in total. The summed E-state index contributed by atoms with van der Waals surface area (Å²) in [5.41, 5.74) is 3.77. The van der Waals surface area contributed by atoms with Crippen LogP contribution in [0.5, 0.6) is 5.75 Å². The highest BCUT2D eigenvalue weighted by Gasteiger charge is 2.14. The molecule has 8 heteroatoms. The minimum atomic E-state index is -3.33. The number of hydrogen-bond donors (Lipinski definition) is 0. The summed E-state index contributed by atoms with van der Waals surface area (Å²) in [6.07, 6.45) is 1.17. The number of benzene rings is 3. The fourth-order valence-corrected chi connectivity index (χ4v) is 4.21. The molecule has 160 valence electrons. The van der Waals surface area contributed by atoms with Crippen molar-refractivity contribution in [1.29, 1.82) is 0 Å². The van der Waals surface area contributed by atoms with Crippen molar-refractivity contribution >= 4 is 20.9 Å². The number of sulfone groups is 1. The van der Waals surface area contributed by atoms with E-state index in [0.717, 1.165) is 28.0 Å². The Balaban J connectivity index is 1.78. The van der Waals surface area contributed by atoms with E-state index in [2.05, 4.69) is 9.72 Å². The fraction of sp³-hybridized carbons (Fsp3) is 0.174. The van der Waals surface area contributed by atoms with E-state index in [9.17, 15) is 17.2 Å². The van der Waals surface area contributed by atoms with Crippen LogP contribution in [0.2, 0.25) is 0 Å². The Kier molecular flexibility index (Phi) is 5.49. The van der Waals surface area contributed by atoms with Crippen LogP contribution in [0.1, 0.15) is 11.4 Å². The van der Waals surface area contributed by atoms with Gasteiger partial charge in [-0.15, -0.1) is 0 Å². The van der Waals surface area contributed by atoms with Crippen LogP contribution in [0, 0.1) is 6.92 Å². The van der Waals surface area contributed by atoms with Gasteiger partial charge in [0.2, 0.25) is 0 Å². The molecule has 0 aliphatic carbocycles. The first-order chi connectivity index (χ1) is 14.7. The van der Waals surface area contributed by atoms with Gasteiger partial charge >= 0.3 is 6.61 Å². The average Bonchev–Trinajstić information content (AvgIpc) is 3.03. The van der Waals surface area contributed by atoms with Gasteiger partial charge in [0.25, 0.3) is 0 Å². The summed E-state index contributed by atoms with van der Waals surface area (Å²) in [4.78, 5) is 4.81. The van der Waals surface area contributed by atoms with Crippen molar-refractivity contribution in [2.45, 2.75) is 25.0 Å². The van der Waals surface area contributed by atoms with E-state index in [4.69, 9.17) is 0 Å². The van der Waals surface area contributed by atoms with Gasteiger partial charge in [0.15, 0.2) is 9.84 Å². The van der Waals surface area contributed by atoms with E-state index >= 15 is 0 Å². The minimum absolute atomic E-state index is 0.121. The number of aromatic nitrogens is 2. The van der Waals surface area contributed by atoms with E-state index < -0.39 is 16.4 Å². The Morgan fingerprint density at radius 1 is 1.00 bits per heavy atom. The second kappa shape index (κ2) is 8.11. The zero-order valence-corrected chi connectivity index (χ0v) is 17.7. The van der Waals surface area contributed by atoms with Gasteiger partial charge in [-0.25, -0.2) is 13.4 Å². The Morgan fingerprint density at radius 2 is 1.74 bits per heavy atom. The summed E-state index contributed by atoms with van der Waals surface area (Å²) >= 11 is 0. The third-order valence-electron chi connectivity index (χ3n) is 5.05. The van der Waals surface area contributed by atoms with Crippen LogP contribution in [0.15, 0.2) is 71.6 Å². The molecule has 0 atom stereocenters. The number of fused-ring (bicyclic) bond motifs is 1.